The Morgan fingerprint density at radius 3 is 2.25 bits per heavy atom. The molecule has 36 heavy (non-hydrogen) atoms. The van der Waals surface area contributed by atoms with E-state index in [4.69, 9.17) is 14.6 Å². The summed E-state index contributed by atoms with van der Waals surface area (Å²) in [6.45, 7) is 17.9. The van der Waals surface area contributed by atoms with Crippen LogP contribution in [0.4, 0.5) is 5.69 Å². The molecule has 5 nitrogen and oxygen atoms in total. The summed E-state index contributed by atoms with van der Waals surface area (Å²) in [7, 11) is 1.71. The average molecular weight is 503 g/mol. The first kappa shape index (κ1) is 31.8. The quantitative estimate of drug-likeness (QED) is 0.435. The lowest BCUT2D eigenvalue weighted by atomic mass is 9.90. The molecule has 0 saturated carbocycles. The van der Waals surface area contributed by atoms with Gasteiger partial charge in [0.15, 0.2) is 0 Å². The van der Waals surface area contributed by atoms with Crippen molar-refractivity contribution < 1.29 is 16.0 Å². The molecule has 0 unspecified atom stereocenters. The van der Waals surface area contributed by atoms with Gasteiger partial charge in [-0.25, -0.2) is 0 Å². The third-order valence-electron chi connectivity index (χ3n) is 6.40. The van der Waals surface area contributed by atoms with Crippen LogP contribution in [0, 0.1) is 5.92 Å². The van der Waals surface area contributed by atoms with Crippen molar-refractivity contribution in [2.24, 2.45) is 5.92 Å². The molecule has 0 aliphatic carbocycles. The number of hydrogen-bond acceptors (Lipinski definition) is 5. The van der Waals surface area contributed by atoms with E-state index in [1.807, 2.05) is 32.0 Å². The van der Waals surface area contributed by atoms with E-state index >= 15 is 0 Å². The number of methoxy groups -OCH3 is 1. The molecule has 2 heterocycles. The van der Waals surface area contributed by atoms with Crippen LogP contribution in [-0.2, 0) is 6.61 Å². The molecular formula is C31H54N2O3. The highest BCUT2D eigenvalue weighted by atomic mass is 16.5. The van der Waals surface area contributed by atoms with Crippen LogP contribution >= 0.6 is 0 Å². The van der Waals surface area contributed by atoms with Gasteiger partial charge in [-0.15, -0.1) is 0 Å². The zero-order valence-corrected chi connectivity index (χ0v) is 24.0. The minimum atomic E-state index is 0. The molecule has 1 saturated heterocycles. The third kappa shape index (κ3) is 11.2. The topological polar surface area (TPSA) is 54.0 Å². The SMILES string of the molecule is CC.CCC(C)C.CCCN1CCOc2ccc(CO)cc21.COc1ccc(C2CCNCC2)cc1.[HH]. The van der Waals surface area contributed by atoms with Crippen LogP contribution in [0.3, 0.4) is 0 Å². The third-order valence-corrected chi connectivity index (χ3v) is 6.40. The van der Waals surface area contributed by atoms with Gasteiger partial charge >= 0.3 is 0 Å². The second kappa shape index (κ2) is 18.9. The second-order valence-corrected chi connectivity index (χ2v) is 9.40. The zero-order valence-electron chi connectivity index (χ0n) is 24.0. The van der Waals surface area contributed by atoms with Gasteiger partial charge in [0, 0.05) is 7.97 Å². The molecule has 0 aromatic heterocycles. The van der Waals surface area contributed by atoms with Gasteiger partial charge in [-0.1, -0.05) is 66.2 Å². The molecule has 0 atom stereocenters. The molecule has 2 aromatic carbocycles. The number of aliphatic hydroxyl groups excluding tert-OH is 1. The molecule has 206 valence electrons. The number of piperidine rings is 1. The van der Waals surface area contributed by atoms with Crippen molar-refractivity contribution in [3.63, 3.8) is 0 Å². The summed E-state index contributed by atoms with van der Waals surface area (Å²) in [5.41, 5.74) is 3.52. The maximum Gasteiger partial charge on any atom is 0.142 e. The summed E-state index contributed by atoms with van der Waals surface area (Å²) in [5.74, 6) is 3.51. The summed E-state index contributed by atoms with van der Waals surface area (Å²) in [5, 5.41) is 12.5. The number of ether oxygens (including phenoxy) is 2. The van der Waals surface area contributed by atoms with Crippen LogP contribution in [-0.4, -0.2) is 45.0 Å². The first-order valence-electron chi connectivity index (χ1n) is 14.0. The maximum atomic E-state index is 9.10. The highest BCUT2D eigenvalue weighted by Crippen LogP contribution is 2.32. The molecule has 0 spiro atoms. The van der Waals surface area contributed by atoms with E-state index in [2.05, 4.69) is 62.2 Å². The van der Waals surface area contributed by atoms with Gasteiger partial charge in [0.2, 0.25) is 0 Å². The Kier molecular flexibility index (Phi) is 16.7. The zero-order chi connectivity index (χ0) is 26.8. The van der Waals surface area contributed by atoms with Crippen LogP contribution < -0.4 is 19.7 Å². The van der Waals surface area contributed by atoms with E-state index in [1.165, 1.54) is 24.8 Å². The van der Waals surface area contributed by atoms with Gasteiger partial charge < -0.3 is 24.8 Å². The average Bonchev–Trinajstić information content (AvgIpc) is 2.95. The molecule has 2 N–H and O–H groups in total. The summed E-state index contributed by atoms with van der Waals surface area (Å²) in [6, 6.07) is 14.4. The van der Waals surface area contributed by atoms with Crippen LogP contribution in [0.25, 0.3) is 0 Å². The monoisotopic (exact) mass is 502 g/mol. The highest BCUT2D eigenvalue weighted by Gasteiger charge is 2.17. The Morgan fingerprint density at radius 2 is 1.72 bits per heavy atom. The molecule has 0 radical (unpaired) electrons. The molecule has 1 fully saturated rings. The van der Waals surface area contributed by atoms with Gasteiger partial charge in [-0.05, 0) is 79.6 Å². The molecule has 2 aromatic rings. The number of hydrogen-bond donors (Lipinski definition) is 2. The van der Waals surface area contributed by atoms with E-state index in [-0.39, 0.29) is 8.03 Å². The Hall–Kier alpha value is -2.24. The van der Waals surface area contributed by atoms with Gasteiger partial charge in [0.1, 0.15) is 18.1 Å². The lowest BCUT2D eigenvalue weighted by Crippen LogP contribution is -2.33. The smallest absolute Gasteiger partial charge is 0.142 e. The molecule has 0 amide bonds. The summed E-state index contributed by atoms with van der Waals surface area (Å²) in [6.07, 6.45) is 4.95. The summed E-state index contributed by atoms with van der Waals surface area (Å²) >= 11 is 0. The van der Waals surface area contributed by atoms with E-state index in [1.54, 1.807) is 7.11 Å². The highest BCUT2D eigenvalue weighted by molar-refractivity contribution is 5.61. The van der Waals surface area contributed by atoms with Crippen molar-refractivity contribution in [3.05, 3.63) is 53.6 Å². The van der Waals surface area contributed by atoms with E-state index in [0.29, 0.717) is 0 Å². The number of nitrogens with zero attached hydrogens (tertiary/aromatic N) is 1. The van der Waals surface area contributed by atoms with Crippen molar-refractivity contribution in [1.82, 2.24) is 5.32 Å². The second-order valence-electron chi connectivity index (χ2n) is 9.40. The lowest BCUT2D eigenvalue weighted by molar-refractivity contribution is 0.280. The summed E-state index contributed by atoms with van der Waals surface area (Å²) in [4.78, 5) is 2.32. The van der Waals surface area contributed by atoms with Gasteiger partial charge in [-0.2, -0.15) is 0 Å². The van der Waals surface area contributed by atoms with Gasteiger partial charge in [0.05, 0.1) is 25.9 Å². The first-order valence-corrected chi connectivity index (χ1v) is 14.0. The van der Waals surface area contributed by atoms with Crippen molar-refractivity contribution in [2.75, 3.05) is 44.8 Å². The van der Waals surface area contributed by atoms with Crippen molar-refractivity contribution in [2.45, 2.75) is 79.8 Å². The van der Waals surface area contributed by atoms with Crippen molar-refractivity contribution in [3.8, 4) is 11.5 Å². The molecule has 5 heteroatoms. The number of nitrogens with one attached hydrogen (secondary N) is 1. The van der Waals surface area contributed by atoms with Crippen LogP contribution in [0.2, 0.25) is 0 Å². The number of rotatable bonds is 6. The Labute approximate surface area is 222 Å². The van der Waals surface area contributed by atoms with E-state index in [0.717, 1.165) is 73.8 Å². The fourth-order valence-corrected chi connectivity index (χ4v) is 3.95. The van der Waals surface area contributed by atoms with Crippen molar-refractivity contribution in [1.29, 1.82) is 0 Å². The van der Waals surface area contributed by atoms with Crippen LogP contribution in [0.15, 0.2) is 42.5 Å². The summed E-state index contributed by atoms with van der Waals surface area (Å²) < 4.78 is 10.7. The predicted octanol–water partition coefficient (Wildman–Crippen LogP) is 7.27. The fraction of sp³-hybridized carbons (Fsp3) is 0.613. The molecule has 4 rings (SSSR count). The molecular weight excluding hydrogens is 448 g/mol. The standard InChI is InChI=1S/C12H17NO2.C12H17NO.C5H12.C2H6.H2/c1-2-5-13-6-7-15-12-4-3-10(9-14)8-11(12)13;1-14-12-4-2-10(3-5-12)11-6-8-13-9-7-11;1-4-5(2)3;1-2;/h3-4,8,14H,2,5-7,9H2,1H3;2-5,11,13H,6-9H2,1H3;5H,4H2,1-3H3;1-2H3;1H. The molecule has 2 aliphatic heterocycles. The molecule has 2 aliphatic rings. The van der Waals surface area contributed by atoms with Gasteiger partial charge in [0.25, 0.3) is 0 Å². The Morgan fingerprint density at radius 1 is 1.08 bits per heavy atom. The first-order chi connectivity index (χ1) is 17.5. The number of fused-ring (bicyclic) bond motifs is 1. The predicted molar refractivity (Wildman–Crippen MR) is 157 cm³/mol. The normalized spacial score (nSPS) is 14.6. The van der Waals surface area contributed by atoms with Crippen molar-refractivity contribution >= 4 is 5.69 Å². The van der Waals surface area contributed by atoms with Gasteiger partial charge in [-0.3, -0.25) is 0 Å². The number of aliphatic hydroxyl groups is 1. The number of benzene rings is 2. The Bertz CT molecular complexity index is 809. The number of anilines is 1. The fourth-order valence-electron chi connectivity index (χ4n) is 3.95. The van der Waals surface area contributed by atoms with E-state index < -0.39 is 0 Å². The largest absolute Gasteiger partial charge is 0.497 e. The van der Waals surface area contributed by atoms with Crippen LogP contribution in [0.1, 0.15) is 85.7 Å². The lowest BCUT2D eigenvalue weighted by Gasteiger charge is -2.31. The maximum absolute atomic E-state index is 9.10. The Balaban J connectivity index is 0.000000552. The molecule has 0 bridgehead atoms. The minimum absolute atomic E-state index is 0. The minimum Gasteiger partial charge on any atom is -0.497 e. The van der Waals surface area contributed by atoms with E-state index in [9.17, 15) is 0 Å². The van der Waals surface area contributed by atoms with Crippen LogP contribution in [0.5, 0.6) is 11.5 Å².